The van der Waals surface area contributed by atoms with Gasteiger partial charge in [-0.15, -0.1) is 11.3 Å². The standard InChI is InChI=1S/C49H65ClN2O6S/c1-10-35-34(21-19-22-38(35)55-9)29-41(48(53)54)58-46-43-42(45(40-23-20-28-57-40)59-47(43)52-30-51-46)37-24-25-39(44(50)36(37)11-2)56-27-18-16-14-12-13-15-17-26-49(31(3)4,32(5)6)33(7)8/h19-25,28,30-33,41H,10-18,26-27,29H2,1-9H3,(H,53,54)/t41-/m1/s1. The fourth-order valence-electron chi connectivity index (χ4n) is 9.50. The molecule has 10 heteroatoms. The Kier molecular flexibility index (Phi) is 16.7. The molecule has 0 amide bonds. The van der Waals surface area contributed by atoms with E-state index in [1.165, 1.54) is 56.2 Å². The SMILES string of the molecule is CCc1c(C[C@@H](Oc2ncnc3sc(-c4ccco4)c(-c4ccc(OCCCCCCCCCC(C(C)C)(C(C)C)C(C)C)c(Cl)c4CC)c23)C(=O)O)cccc1OC. The number of halogens is 1. The van der Waals surface area contributed by atoms with Crippen LogP contribution in [0.2, 0.25) is 5.02 Å². The minimum atomic E-state index is -1.22. The van der Waals surface area contributed by atoms with Gasteiger partial charge in [0.05, 0.1) is 35.3 Å². The van der Waals surface area contributed by atoms with Gasteiger partial charge in [0, 0.05) is 12.0 Å². The van der Waals surface area contributed by atoms with Crippen LogP contribution in [0, 0.1) is 23.2 Å². The number of hydrogen-bond donors (Lipinski definition) is 1. The lowest BCUT2D eigenvalue weighted by Gasteiger charge is -2.45. The van der Waals surface area contributed by atoms with E-state index in [0.717, 1.165) is 51.3 Å². The largest absolute Gasteiger partial charge is 0.496 e. The highest BCUT2D eigenvalue weighted by Crippen LogP contribution is 2.50. The molecule has 0 saturated carbocycles. The minimum Gasteiger partial charge on any atom is -0.496 e. The summed E-state index contributed by atoms with van der Waals surface area (Å²) in [6.07, 6.45) is 13.0. The molecule has 0 saturated heterocycles. The number of unbranched alkanes of at least 4 members (excludes halogenated alkanes) is 6. The summed E-state index contributed by atoms with van der Waals surface area (Å²) < 4.78 is 24.2. The van der Waals surface area contributed by atoms with Crippen LogP contribution in [0.5, 0.6) is 17.4 Å². The quantitative estimate of drug-likeness (QED) is 0.0613. The Hall–Kier alpha value is -4.08. The Labute approximate surface area is 361 Å². The zero-order valence-corrected chi connectivity index (χ0v) is 38.2. The van der Waals surface area contributed by atoms with Crippen molar-refractivity contribution in [2.45, 2.75) is 132 Å². The van der Waals surface area contributed by atoms with Crippen LogP contribution >= 0.6 is 22.9 Å². The average Bonchev–Trinajstić information content (AvgIpc) is 3.89. The van der Waals surface area contributed by atoms with Crippen molar-refractivity contribution in [3.8, 4) is 39.1 Å². The van der Waals surface area contributed by atoms with Gasteiger partial charge in [-0.1, -0.05) is 124 Å². The molecule has 5 aromatic rings. The van der Waals surface area contributed by atoms with Crippen LogP contribution in [0.15, 0.2) is 59.5 Å². The molecule has 8 nitrogen and oxygen atoms in total. The Bertz CT molecular complexity index is 2090. The summed E-state index contributed by atoms with van der Waals surface area (Å²) in [6, 6.07) is 13.4. The van der Waals surface area contributed by atoms with Gasteiger partial charge in [-0.3, -0.25) is 0 Å². The number of rotatable bonds is 24. The highest BCUT2D eigenvalue weighted by atomic mass is 35.5. The number of carboxylic acids is 1. The minimum absolute atomic E-state index is 0.125. The van der Waals surface area contributed by atoms with Crippen LogP contribution in [0.1, 0.15) is 123 Å². The number of carbonyl (C=O) groups is 1. The second-order valence-corrected chi connectivity index (χ2v) is 18.0. The Morgan fingerprint density at radius 3 is 2.14 bits per heavy atom. The molecule has 0 fully saturated rings. The van der Waals surface area contributed by atoms with Gasteiger partial charge in [-0.2, -0.15) is 0 Å². The Balaban J connectivity index is 1.31. The molecule has 3 heterocycles. The Morgan fingerprint density at radius 1 is 0.847 bits per heavy atom. The van der Waals surface area contributed by atoms with E-state index in [0.29, 0.717) is 69.4 Å². The molecule has 0 aliphatic carbocycles. The second-order valence-electron chi connectivity index (χ2n) is 16.6. The number of fused-ring (bicyclic) bond motifs is 1. The third-order valence-electron chi connectivity index (χ3n) is 12.5. The second kappa shape index (κ2) is 21.4. The lowest BCUT2D eigenvalue weighted by Crippen LogP contribution is -2.38. The topological polar surface area (TPSA) is 104 Å². The van der Waals surface area contributed by atoms with Crippen molar-refractivity contribution in [3.63, 3.8) is 0 Å². The van der Waals surface area contributed by atoms with Gasteiger partial charge in [-0.25, -0.2) is 14.8 Å². The first-order valence-corrected chi connectivity index (χ1v) is 22.9. The van der Waals surface area contributed by atoms with Gasteiger partial charge in [0.25, 0.3) is 0 Å². The van der Waals surface area contributed by atoms with Crippen molar-refractivity contribution in [3.05, 3.63) is 76.8 Å². The van der Waals surface area contributed by atoms with Crippen LogP contribution in [-0.2, 0) is 24.1 Å². The van der Waals surface area contributed by atoms with Crippen molar-refractivity contribution >= 4 is 39.1 Å². The van der Waals surface area contributed by atoms with E-state index in [2.05, 4.69) is 58.4 Å². The monoisotopic (exact) mass is 844 g/mol. The van der Waals surface area contributed by atoms with Gasteiger partial charge in [0.15, 0.2) is 0 Å². The van der Waals surface area contributed by atoms with Crippen molar-refractivity contribution < 1.29 is 28.5 Å². The molecule has 0 bridgehead atoms. The molecule has 0 spiro atoms. The van der Waals surface area contributed by atoms with Crippen molar-refractivity contribution in [1.29, 1.82) is 0 Å². The first kappa shape index (κ1) is 46.0. The molecule has 5 rings (SSSR count). The first-order valence-electron chi connectivity index (χ1n) is 21.7. The van der Waals surface area contributed by atoms with Gasteiger partial charge < -0.3 is 23.7 Å². The van der Waals surface area contributed by atoms with Gasteiger partial charge in [0.1, 0.15) is 28.4 Å². The highest BCUT2D eigenvalue weighted by Gasteiger charge is 2.39. The zero-order chi connectivity index (χ0) is 42.7. The number of benzene rings is 2. The maximum atomic E-state index is 12.8. The van der Waals surface area contributed by atoms with Crippen LogP contribution in [0.4, 0.5) is 0 Å². The average molecular weight is 846 g/mol. The summed E-state index contributed by atoms with van der Waals surface area (Å²) in [5, 5.41) is 11.6. The maximum Gasteiger partial charge on any atom is 0.345 e. The van der Waals surface area contributed by atoms with E-state index in [1.807, 2.05) is 49.4 Å². The number of methoxy groups -OCH3 is 1. The lowest BCUT2D eigenvalue weighted by atomic mass is 9.60. The number of hydrogen-bond acceptors (Lipinski definition) is 8. The lowest BCUT2D eigenvalue weighted by molar-refractivity contribution is -0.145. The van der Waals surface area contributed by atoms with Crippen molar-refractivity contribution in [2.24, 2.45) is 23.2 Å². The molecule has 0 aliphatic rings. The summed E-state index contributed by atoms with van der Waals surface area (Å²) in [4.78, 5) is 23.4. The van der Waals surface area contributed by atoms with Crippen LogP contribution in [0.25, 0.3) is 32.0 Å². The van der Waals surface area contributed by atoms with E-state index >= 15 is 0 Å². The molecule has 1 N–H and O–H groups in total. The number of nitrogens with zero attached hydrogens (tertiary/aromatic N) is 2. The van der Waals surface area contributed by atoms with E-state index < -0.39 is 12.1 Å². The number of ether oxygens (including phenoxy) is 3. The van der Waals surface area contributed by atoms with E-state index in [-0.39, 0.29) is 12.3 Å². The number of aliphatic carboxylic acids is 1. The fraction of sp³-hybridized carbons (Fsp3) is 0.531. The molecule has 1 atom stereocenters. The zero-order valence-electron chi connectivity index (χ0n) is 36.7. The first-order chi connectivity index (χ1) is 28.4. The van der Waals surface area contributed by atoms with Crippen molar-refractivity contribution in [2.75, 3.05) is 13.7 Å². The fourth-order valence-corrected chi connectivity index (χ4v) is 11.0. The molecular weight excluding hydrogens is 780 g/mol. The normalized spacial score (nSPS) is 12.6. The summed E-state index contributed by atoms with van der Waals surface area (Å²) >= 11 is 8.61. The molecule has 320 valence electrons. The van der Waals surface area contributed by atoms with Crippen LogP contribution < -0.4 is 14.2 Å². The number of thiophene rings is 1. The van der Waals surface area contributed by atoms with Gasteiger partial charge in [-0.05, 0) is 95.4 Å². The van der Waals surface area contributed by atoms with Crippen molar-refractivity contribution in [1.82, 2.24) is 9.97 Å². The van der Waals surface area contributed by atoms with Gasteiger partial charge in [0.2, 0.25) is 12.0 Å². The predicted octanol–water partition coefficient (Wildman–Crippen LogP) is 13.9. The highest BCUT2D eigenvalue weighted by molar-refractivity contribution is 7.22. The van der Waals surface area contributed by atoms with E-state index in [9.17, 15) is 9.90 Å². The third-order valence-corrected chi connectivity index (χ3v) is 14.0. The molecule has 59 heavy (non-hydrogen) atoms. The van der Waals surface area contributed by atoms with Crippen LogP contribution in [0.3, 0.4) is 0 Å². The molecule has 0 aliphatic heterocycles. The summed E-state index contributed by atoms with van der Waals surface area (Å²) in [5.41, 5.74) is 4.76. The third kappa shape index (κ3) is 10.5. The van der Waals surface area contributed by atoms with Crippen LogP contribution in [-0.4, -0.2) is 40.9 Å². The molecule has 3 aromatic heterocycles. The summed E-state index contributed by atoms with van der Waals surface area (Å²) in [5.74, 6) is 3.20. The van der Waals surface area contributed by atoms with E-state index in [1.54, 1.807) is 13.4 Å². The van der Waals surface area contributed by atoms with E-state index in [4.69, 9.17) is 30.2 Å². The number of aromatic nitrogens is 2. The predicted molar refractivity (Wildman–Crippen MR) is 242 cm³/mol. The smallest absolute Gasteiger partial charge is 0.345 e. The molecule has 0 unspecified atom stereocenters. The number of furan rings is 1. The molecular formula is C49H65ClN2O6S. The maximum absolute atomic E-state index is 12.8. The molecule has 0 radical (unpaired) electrons. The summed E-state index contributed by atoms with van der Waals surface area (Å²) in [6.45, 7) is 19.1. The Morgan fingerprint density at radius 2 is 1.53 bits per heavy atom. The summed E-state index contributed by atoms with van der Waals surface area (Å²) in [7, 11) is 1.62. The van der Waals surface area contributed by atoms with Gasteiger partial charge >= 0.3 is 5.97 Å². The molecule has 2 aromatic carbocycles. The number of carboxylic acid groups (broad SMARTS) is 1.